The minimum absolute atomic E-state index is 0.109. The molecule has 0 unspecified atom stereocenters. The molecule has 98 valence electrons. The Hall–Kier alpha value is -1.62. The third-order valence-corrected chi connectivity index (χ3v) is 3.17. The molecule has 0 aromatic carbocycles. The lowest BCUT2D eigenvalue weighted by Crippen LogP contribution is -2.38. The van der Waals surface area contributed by atoms with Crippen molar-refractivity contribution in [1.82, 2.24) is 9.99 Å². The van der Waals surface area contributed by atoms with Crippen molar-refractivity contribution >= 4 is 5.91 Å². The second-order valence-corrected chi connectivity index (χ2v) is 5.76. The highest BCUT2D eigenvalue weighted by Crippen LogP contribution is 2.37. The largest absolute Gasteiger partial charge is 0.308 e. The van der Waals surface area contributed by atoms with Crippen LogP contribution in [-0.2, 0) is 5.41 Å². The molecule has 0 aliphatic heterocycles. The van der Waals surface area contributed by atoms with E-state index < -0.39 is 5.91 Å². The first-order valence-corrected chi connectivity index (χ1v) is 6.13. The first-order valence-electron chi connectivity index (χ1n) is 6.13. The molecular weight excluding hydrogens is 230 g/mol. The summed E-state index contributed by atoms with van der Waals surface area (Å²) >= 11 is 0. The Morgan fingerprint density at radius 2 is 2.00 bits per heavy atom. The molecule has 5 nitrogen and oxygen atoms in total. The molecule has 0 bridgehead atoms. The topological polar surface area (TPSA) is 77.1 Å². The summed E-state index contributed by atoms with van der Waals surface area (Å²) in [6, 6.07) is 3.64. The summed E-state index contributed by atoms with van der Waals surface area (Å²) in [5.74, 6) is 4.56. The summed E-state index contributed by atoms with van der Waals surface area (Å²) in [5, 5.41) is 0. The van der Waals surface area contributed by atoms with Gasteiger partial charge in [-0.05, 0) is 25.0 Å². The normalized spacial score (nSPS) is 15.6. The van der Waals surface area contributed by atoms with Crippen LogP contribution in [0.25, 0.3) is 0 Å². The van der Waals surface area contributed by atoms with E-state index in [0.29, 0.717) is 0 Å². The smallest absolute Gasteiger partial charge is 0.270 e. The van der Waals surface area contributed by atoms with Crippen LogP contribution in [0, 0.1) is 0 Å². The first-order chi connectivity index (χ1) is 8.36. The Morgan fingerprint density at radius 3 is 2.44 bits per heavy atom. The van der Waals surface area contributed by atoms with Crippen LogP contribution in [0.2, 0.25) is 0 Å². The van der Waals surface area contributed by atoms with Crippen LogP contribution in [0.1, 0.15) is 55.7 Å². The quantitative estimate of drug-likeness (QED) is 0.468. The molecule has 1 saturated carbocycles. The van der Waals surface area contributed by atoms with Gasteiger partial charge in [0.1, 0.15) is 5.56 Å². The Labute approximate surface area is 106 Å². The zero-order valence-corrected chi connectivity index (χ0v) is 11.0. The van der Waals surface area contributed by atoms with Gasteiger partial charge in [-0.2, -0.15) is 0 Å². The monoisotopic (exact) mass is 249 g/mol. The van der Waals surface area contributed by atoms with E-state index in [1.54, 1.807) is 10.6 Å². The Balaban J connectivity index is 2.63. The summed E-state index contributed by atoms with van der Waals surface area (Å²) in [4.78, 5) is 23.9. The Morgan fingerprint density at radius 1 is 1.39 bits per heavy atom. The Kier molecular flexibility index (Phi) is 3.02. The molecule has 1 aliphatic carbocycles. The van der Waals surface area contributed by atoms with Gasteiger partial charge in [0.2, 0.25) is 0 Å². The van der Waals surface area contributed by atoms with Crippen molar-refractivity contribution in [1.29, 1.82) is 0 Å². The number of pyridine rings is 1. The SMILES string of the molecule is CC(C)(C)c1ccc(C(=O)NN)c(=O)n1C1CC1. The lowest BCUT2D eigenvalue weighted by atomic mass is 9.90. The predicted octanol–water partition coefficient (Wildman–Crippen LogP) is 1.08. The van der Waals surface area contributed by atoms with Gasteiger partial charge in [0.25, 0.3) is 11.5 Å². The van der Waals surface area contributed by atoms with E-state index in [1.807, 2.05) is 11.5 Å². The molecule has 1 amide bonds. The zero-order chi connectivity index (χ0) is 13.5. The average molecular weight is 249 g/mol. The lowest BCUT2D eigenvalue weighted by molar-refractivity contribution is 0.0951. The van der Waals surface area contributed by atoms with Crippen LogP contribution in [-0.4, -0.2) is 10.5 Å². The van der Waals surface area contributed by atoms with Crippen molar-refractivity contribution in [2.45, 2.75) is 45.1 Å². The van der Waals surface area contributed by atoms with Gasteiger partial charge < -0.3 is 4.57 Å². The van der Waals surface area contributed by atoms with Crippen LogP contribution in [0.15, 0.2) is 16.9 Å². The predicted molar refractivity (Wildman–Crippen MR) is 69.3 cm³/mol. The fourth-order valence-electron chi connectivity index (χ4n) is 2.11. The molecule has 1 aliphatic rings. The van der Waals surface area contributed by atoms with Gasteiger partial charge in [-0.3, -0.25) is 15.0 Å². The van der Waals surface area contributed by atoms with Gasteiger partial charge in [-0.1, -0.05) is 20.8 Å². The molecule has 5 heteroatoms. The number of nitrogen functional groups attached to an aromatic ring is 1. The van der Waals surface area contributed by atoms with Gasteiger partial charge in [0.05, 0.1) is 0 Å². The number of carbonyl (C=O) groups is 1. The van der Waals surface area contributed by atoms with E-state index in [9.17, 15) is 9.59 Å². The van der Waals surface area contributed by atoms with Crippen molar-refractivity contribution in [2.24, 2.45) is 5.84 Å². The maximum atomic E-state index is 12.4. The van der Waals surface area contributed by atoms with E-state index in [1.165, 1.54) is 0 Å². The van der Waals surface area contributed by atoms with Gasteiger partial charge >= 0.3 is 0 Å². The third kappa shape index (κ3) is 2.18. The lowest BCUT2D eigenvalue weighted by Gasteiger charge is -2.24. The van der Waals surface area contributed by atoms with Crippen molar-refractivity contribution in [3.05, 3.63) is 33.7 Å². The minimum atomic E-state index is -0.533. The van der Waals surface area contributed by atoms with Crippen LogP contribution in [0.3, 0.4) is 0 Å². The van der Waals surface area contributed by atoms with Gasteiger partial charge in [0, 0.05) is 17.2 Å². The van der Waals surface area contributed by atoms with Crippen LogP contribution in [0.5, 0.6) is 0 Å². The summed E-state index contributed by atoms with van der Waals surface area (Å²) in [5.41, 5.74) is 2.72. The Bertz CT molecular complexity index is 536. The summed E-state index contributed by atoms with van der Waals surface area (Å²) in [6.07, 6.45) is 1.99. The molecule has 0 atom stereocenters. The van der Waals surface area contributed by atoms with Gasteiger partial charge in [-0.25, -0.2) is 5.84 Å². The second kappa shape index (κ2) is 4.24. The number of amides is 1. The maximum absolute atomic E-state index is 12.4. The van der Waals surface area contributed by atoms with Crippen molar-refractivity contribution < 1.29 is 4.79 Å². The van der Waals surface area contributed by atoms with Gasteiger partial charge in [0.15, 0.2) is 0 Å². The number of hydrazine groups is 1. The highest BCUT2D eigenvalue weighted by Gasteiger charge is 2.31. The summed E-state index contributed by atoms with van der Waals surface area (Å²) < 4.78 is 1.75. The number of nitrogens with zero attached hydrogens (tertiary/aromatic N) is 1. The van der Waals surface area contributed by atoms with Crippen LogP contribution in [0.4, 0.5) is 0 Å². The molecule has 2 rings (SSSR count). The zero-order valence-electron chi connectivity index (χ0n) is 11.0. The molecule has 1 aromatic rings. The van der Waals surface area contributed by atoms with Crippen LogP contribution >= 0.6 is 0 Å². The standard InChI is InChI=1S/C13H19N3O2/c1-13(2,3)10-7-6-9(11(17)15-14)12(18)16(10)8-4-5-8/h6-8H,4-5,14H2,1-3H3,(H,15,17). The maximum Gasteiger partial charge on any atom is 0.270 e. The highest BCUT2D eigenvalue weighted by molar-refractivity contribution is 5.93. The molecule has 0 spiro atoms. The van der Waals surface area contributed by atoms with Crippen molar-refractivity contribution in [3.63, 3.8) is 0 Å². The van der Waals surface area contributed by atoms with E-state index in [2.05, 4.69) is 20.8 Å². The summed E-state index contributed by atoms with van der Waals surface area (Å²) in [7, 11) is 0. The number of rotatable bonds is 2. The van der Waals surface area contributed by atoms with Crippen LogP contribution < -0.4 is 16.8 Å². The number of aromatic nitrogens is 1. The molecule has 0 saturated heterocycles. The summed E-state index contributed by atoms with van der Waals surface area (Å²) in [6.45, 7) is 6.18. The fourth-order valence-corrected chi connectivity index (χ4v) is 2.11. The molecule has 3 N–H and O–H groups in total. The number of hydrogen-bond acceptors (Lipinski definition) is 3. The molecular formula is C13H19N3O2. The molecule has 1 heterocycles. The molecule has 1 aromatic heterocycles. The van der Waals surface area contributed by atoms with Crippen molar-refractivity contribution in [2.75, 3.05) is 0 Å². The third-order valence-electron chi connectivity index (χ3n) is 3.17. The number of nitrogens with one attached hydrogen (secondary N) is 1. The minimum Gasteiger partial charge on any atom is -0.308 e. The van der Waals surface area contributed by atoms with E-state index in [0.717, 1.165) is 18.5 Å². The number of hydrogen-bond donors (Lipinski definition) is 2. The van der Waals surface area contributed by atoms with Gasteiger partial charge in [-0.15, -0.1) is 0 Å². The van der Waals surface area contributed by atoms with Crippen molar-refractivity contribution in [3.8, 4) is 0 Å². The number of carbonyl (C=O) groups excluding carboxylic acids is 1. The van der Waals surface area contributed by atoms with E-state index in [4.69, 9.17) is 5.84 Å². The molecule has 0 radical (unpaired) electrons. The van der Waals surface area contributed by atoms with E-state index in [-0.39, 0.29) is 22.6 Å². The fraction of sp³-hybridized carbons (Fsp3) is 0.538. The number of nitrogens with two attached hydrogens (primary N) is 1. The average Bonchev–Trinajstić information content (AvgIpc) is 3.10. The second-order valence-electron chi connectivity index (χ2n) is 5.76. The highest BCUT2D eigenvalue weighted by atomic mass is 16.2. The molecule has 18 heavy (non-hydrogen) atoms. The molecule has 1 fully saturated rings. The van der Waals surface area contributed by atoms with E-state index >= 15 is 0 Å². The first kappa shape index (κ1) is 12.8.